The maximum absolute atomic E-state index is 12.7. The number of nitrogens with zero attached hydrogens (tertiary/aromatic N) is 1. The van der Waals surface area contributed by atoms with Gasteiger partial charge in [-0.05, 0) is 79.4 Å². The number of rotatable bonds is 8. The van der Waals surface area contributed by atoms with Crippen molar-refractivity contribution in [1.29, 1.82) is 0 Å². The molecule has 2 amide bonds. The predicted molar refractivity (Wildman–Crippen MR) is 136 cm³/mol. The lowest BCUT2D eigenvalue weighted by molar-refractivity contribution is -0.147. The molecule has 1 heterocycles. The van der Waals surface area contributed by atoms with E-state index < -0.39 is 23.7 Å². The molecule has 1 aliphatic rings. The monoisotopic (exact) mass is 615 g/mol. The lowest BCUT2D eigenvalue weighted by atomic mass is 10.2. The van der Waals surface area contributed by atoms with Crippen molar-refractivity contribution in [1.82, 2.24) is 4.90 Å². The van der Waals surface area contributed by atoms with Crippen molar-refractivity contribution in [3.8, 4) is 5.75 Å². The van der Waals surface area contributed by atoms with Crippen molar-refractivity contribution < 1.29 is 23.9 Å². The number of esters is 1. The van der Waals surface area contributed by atoms with Gasteiger partial charge in [-0.15, -0.1) is 0 Å². The zero-order chi connectivity index (χ0) is 24.1. The number of ether oxygens (including phenoxy) is 2. The molecular formula is C23H20Br2ClNO5S. The molecule has 10 heteroatoms. The second kappa shape index (κ2) is 11.6. The Morgan fingerprint density at radius 2 is 1.85 bits per heavy atom. The van der Waals surface area contributed by atoms with Crippen LogP contribution in [-0.2, 0) is 20.9 Å². The molecule has 0 saturated carbocycles. The number of benzene rings is 2. The van der Waals surface area contributed by atoms with Crippen LogP contribution < -0.4 is 4.74 Å². The summed E-state index contributed by atoms with van der Waals surface area (Å²) in [6.07, 6.45) is 1.59. The summed E-state index contributed by atoms with van der Waals surface area (Å²) in [5.74, 6) is -0.402. The first-order valence-corrected chi connectivity index (χ1v) is 12.7. The number of carbonyl (C=O) groups is 3. The number of hydrogen-bond donors (Lipinski definition) is 0. The molecule has 1 fully saturated rings. The molecule has 0 unspecified atom stereocenters. The molecule has 1 saturated heterocycles. The minimum absolute atomic E-state index is 0.164. The highest BCUT2D eigenvalue weighted by Gasteiger charge is 2.36. The van der Waals surface area contributed by atoms with Crippen molar-refractivity contribution >= 4 is 78.4 Å². The third kappa shape index (κ3) is 6.85. The summed E-state index contributed by atoms with van der Waals surface area (Å²) in [4.78, 5) is 38.0. The van der Waals surface area contributed by atoms with E-state index >= 15 is 0 Å². The Bertz CT molecular complexity index is 1100. The second-order valence-corrected chi connectivity index (χ2v) is 10.6. The number of amides is 2. The highest BCUT2D eigenvalue weighted by molar-refractivity contribution is 9.11. The first kappa shape index (κ1) is 25.8. The van der Waals surface area contributed by atoms with Crippen molar-refractivity contribution in [3.63, 3.8) is 0 Å². The quantitative estimate of drug-likeness (QED) is 0.243. The smallest absolute Gasteiger partial charge is 0.326 e. The standard InChI is InChI=1S/C23H20Br2ClNO5S/c1-13(2)11-31-20(28)10-27-22(29)19(33-23(27)30)9-14-7-16(24)21(17(25)8-14)32-12-15-5-3-4-6-18(15)26/h3-9,13H,10-12H2,1-2H3/b19-9+. The van der Waals surface area contributed by atoms with Crippen LogP contribution in [-0.4, -0.2) is 35.2 Å². The summed E-state index contributed by atoms with van der Waals surface area (Å²) in [7, 11) is 0. The molecule has 3 rings (SSSR count). The van der Waals surface area contributed by atoms with Crippen LogP contribution in [0.1, 0.15) is 25.0 Å². The van der Waals surface area contributed by atoms with Crippen molar-refractivity contribution in [2.24, 2.45) is 5.92 Å². The number of halogens is 3. The fourth-order valence-electron chi connectivity index (χ4n) is 2.79. The van der Waals surface area contributed by atoms with Gasteiger partial charge in [-0.3, -0.25) is 19.3 Å². The summed E-state index contributed by atoms with van der Waals surface area (Å²) in [5, 5.41) is 0.107. The van der Waals surface area contributed by atoms with Gasteiger partial charge in [0.05, 0.1) is 20.5 Å². The molecular weight excluding hydrogens is 598 g/mol. The van der Waals surface area contributed by atoms with E-state index in [1.165, 1.54) is 0 Å². The molecule has 33 heavy (non-hydrogen) atoms. The molecule has 174 valence electrons. The maximum atomic E-state index is 12.7. The Labute approximate surface area is 217 Å². The van der Waals surface area contributed by atoms with E-state index in [4.69, 9.17) is 21.1 Å². The van der Waals surface area contributed by atoms with E-state index in [0.29, 0.717) is 25.3 Å². The van der Waals surface area contributed by atoms with Gasteiger partial charge in [-0.2, -0.15) is 0 Å². The molecule has 0 aliphatic carbocycles. The first-order chi connectivity index (χ1) is 15.7. The molecule has 1 aliphatic heterocycles. The van der Waals surface area contributed by atoms with Crippen LogP contribution in [0.15, 0.2) is 50.2 Å². The zero-order valence-corrected chi connectivity index (χ0v) is 22.5. The van der Waals surface area contributed by atoms with Crippen LogP contribution in [0.4, 0.5) is 4.79 Å². The second-order valence-electron chi connectivity index (χ2n) is 7.54. The lowest BCUT2D eigenvalue weighted by Crippen LogP contribution is -2.34. The predicted octanol–water partition coefficient (Wildman–Crippen LogP) is 6.68. The third-order valence-corrected chi connectivity index (χ3v) is 6.84. The zero-order valence-electron chi connectivity index (χ0n) is 17.8. The van der Waals surface area contributed by atoms with Crippen molar-refractivity contribution in [2.45, 2.75) is 20.5 Å². The average molecular weight is 618 g/mol. The van der Waals surface area contributed by atoms with Gasteiger partial charge in [0, 0.05) is 10.6 Å². The maximum Gasteiger partial charge on any atom is 0.326 e. The molecule has 0 spiro atoms. The molecule has 0 aromatic heterocycles. The van der Waals surface area contributed by atoms with E-state index in [2.05, 4.69) is 31.9 Å². The minimum Gasteiger partial charge on any atom is -0.486 e. The van der Waals surface area contributed by atoms with Crippen LogP contribution in [0.3, 0.4) is 0 Å². The molecule has 0 bridgehead atoms. The van der Waals surface area contributed by atoms with E-state index in [9.17, 15) is 14.4 Å². The largest absolute Gasteiger partial charge is 0.486 e. The number of hydrogen-bond acceptors (Lipinski definition) is 6. The van der Waals surface area contributed by atoms with E-state index in [-0.39, 0.29) is 24.0 Å². The van der Waals surface area contributed by atoms with Gasteiger partial charge >= 0.3 is 5.97 Å². The van der Waals surface area contributed by atoms with E-state index in [1.807, 2.05) is 32.0 Å². The molecule has 0 atom stereocenters. The van der Waals surface area contributed by atoms with Gasteiger partial charge in [-0.1, -0.05) is 43.6 Å². The summed E-state index contributed by atoms with van der Waals surface area (Å²) in [6, 6.07) is 11.0. The fraction of sp³-hybridized carbons (Fsp3) is 0.261. The van der Waals surface area contributed by atoms with Gasteiger partial charge in [0.25, 0.3) is 11.1 Å². The normalized spacial score (nSPS) is 15.0. The van der Waals surface area contributed by atoms with Crippen molar-refractivity contribution in [3.05, 3.63) is 66.4 Å². The fourth-order valence-corrected chi connectivity index (χ4v) is 5.27. The van der Waals surface area contributed by atoms with Gasteiger partial charge in [0.1, 0.15) is 18.9 Å². The summed E-state index contributed by atoms with van der Waals surface area (Å²) < 4.78 is 12.3. The van der Waals surface area contributed by atoms with Crippen LogP contribution in [0.5, 0.6) is 5.75 Å². The Kier molecular flexibility index (Phi) is 9.03. The van der Waals surface area contributed by atoms with Crippen LogP contribution >= 0.6 is 55.2 Å². The van der Waals surface area contributed by atoms with E-state index in [1.54, 1.807) is 24.3 Å². The van der Waals surface area contributed by atoms with Gasteiger partial charge < -0.3 is 9.47 Å². The van der Waals surface area contributed by atoms with Crippen LogP contribution in [0.2, 0.25) is 5.02 Å². The first-order valence-electron chi connectivity index (χ1n) is 9.92. The number of carbonyl (C=O) groups excluding carboxylic acids is 3. The van der Waals surface area contributed by atoms with E-state index in [0.717, 1.165) is 22.2 Å². The Balaban J connectivity index is 1.71. The number of imide groups is 1. The topological polar surface area (TPSA) is 72.9 Å². The highest BCUT2D eigenvalue weighted by atomic mass is 79.9. The molecule has 2 aromatic carbocycles. The Morgan fingerprint density at radius 1 is 1.18 bits per heavy atom. The SMILES string of the molecule is CC(C)COC(=O)CN1C(=O)S/C(=C/c2cc(Br)c(OCc3ccccc3Cl)c(Br)c2)C1=O. The van der Waals surface area contributed by atoms with Gasteiger partial charge in [-0.25, -0.2) is 0 Å². The minimum atomic E-state index is -0.613. The highest BCUT2D eigenvalue weighted by Crippen LogP contribution is 2.38. The molecule has 2 aromatic rings. The average Bonchev–Trinajstić information content (AvgIpc) is 3.00. The van der Waals surface area contributed by atoms with Gasteiger partial charge in [0.15, 0.2) is 0 Å². The van der Waals surface area contributed by atoms with Gasteiger partial charge in [0.2, 0.25) is 0 Å². The van der Waals surface area contributed by atoms with Crippen molar-refractivity contribution in [2.75, 3.05) is 13.2 Å². The summed E-state index contributed by atoms with van der Waals surface area (Å²) >= 11 is 14.0. The van der Waals surface area contributed by atoms with Crippen LogP contribution in [0.25, 0.3) is 6.08 Å². The third-order valence-electron chi connectivity index (χ3n) is 4.39. The molecule has 0 N–H and O–H groups in total. The lowest BCUT2D eigenvalue weighted by Gasteiger charge is -2.13. The molecule has 6 nitrogen and oxygen atoms in total. The van der Waals surface area contributed by atoms with Crippen LogP contribution in [0, 0.1) is 5.92 Å². The Hall–Kier alpha value is -1.81. The number of thioether (sulfide) groups is 1. The summed E-state index contributed by atoms with van der Waals surface area (Å²) in [5.41, 5.74) is 1.52. The molecule has 0 radical (unpaired) electrons. The Morgan fingerprint density at radius 3 is 2.48 bits per heavy atom. The summed E-state index contributed by atoms with van der Waals surface area (Å²) in [6.45, 7) is 3.91.